The molecule has 9 heteroatoms. The Morgan fingerprint density at radius 3 is 2.78 bits per heavy atom. The van der Waals surface area contributed by atoms with Gasteiger partial charge in [-0.1, -0.05) is 6.58 Å². The van der Waals surface area contributed by atoms with Crippen molar-refractivity contribution >= 4 is 16.9 Å². The molecule has 148 valence electrons. The Morgan fingerprint density at radius 2 is 2.11 bits per heavy atom. The number of hydrogen-bond donors (Lipinski definition) is 2. The van der Waals surface area contributed by atoms with Crippen LogP contribution in [-0.2, 0) is 4.74 Å². The van der Waals surface area contributed by atoms with E-state index in [2.05, 4.69) is 16.9 Å². The molecule has 1 aromatic carbocycles. The van der Waals surface area contributed by atoms with Crippen molar-refractivity contribution in [2.24, 2.45) is 0 Å². The Kier molecular flexibility index (Phi) is 6.98. The van der Waals surface area contributed by atoms with Crippen LogP contribution < -0.4 is 14.8 Å². The molecule has 27 heavy (non-hydrogen) atoms. The average Bonchev–Trinajstić information content (AvgIpc) is 3.05. The van der Waals surface area contributed by atoms with Crippen LogP contribution in [0.25, 0.3) is 10.9 Å². The molecule has 0 fully saturated rings. The van der Waals surface area contributed by atoms with Crippen LogP contribution in [0, 0.1) is 0 Å². The van der Waals surface area contributed by atoms with E-state index >= 15 is 0 Å². The zero-order valence-corrected chi connectivity index (χ0v) is 14.8. The first-order valence-corrected chi connectivity index (χ1v) is 8.26. The number of ether oxygens (including phenoxy) is 3. The van der Waals surface area contributed by atoms with E-state index in [9.17, 15) is 18.0 Å². The number of esters is 1. The number of unbranched alkanes of at least 4 members (excludes halogenated alkanes) is 1. The summed E-state index contributed by atoms with van der Waals surface area (Å²) in [6.07, 6.45) is -0.0106. The number of methoxy groups -OCH3 is 1. The van der Waals surface area contributed by atoms with Gasteiger partial charge in [0, 0.05) is 12.7 Å². The summed E-state index contributed by atoms with van der Waals surface area (Å²) < 4.78 is 52.6. The number of hydrogen-bond acceptors (Lipinski definition) is 5. The van der Waals surface area contributed by atoms with Crippen molar-refractivity contribution in [1.29, 1.82) is 0 Å². The largest absolute Gasteiger partial charge is 0.492 e. The number of nitrogens with one attached hydrogen (secondary N) is 2. The van der Waals surface area contributed by atoms with E-state index in [1.165, 1.54) is 25.4 Å². The predicted octanol–water partition coefficient (Wildman–Crippen LogP) is 3.79. The highest BCUT2D eigenvalue weighted by molar-refractivity contribution is 6.07. The Labute approximate surface area is 154 Å². The van der Waals surface area contributed by atoms with Crippen LogP contribution in [0.2, 0.25) is 0 Å². The molecule has 0 unspecified atom stereocenters. The number of aromatic amines is 1. The number of aromatic nitrogens is 1. The molecule has 1 aromatic heterocycles. The smallest absolute Gasteiger partial charge is 0.422 e. The van der Waals surface area contributed by atoms with Gasteiger partial charge in [0.15, 0.2) is 18.1 Å². The molecule has 2 rings (SSSR count). The summed E-state index contributed by atoms with van der Waals surface area (Å²) in [4.78, 5) is 15.2. The number of alkyl halides is 3. The summed E-state index contributed by atoms with van der Waals surface area (Å²) in [7, 11) is 1.30. The van der Waals surface area contributed by atoms with Gasteiger partial charge in [0.1, 0.15) is 0 Å². The lowest BCUT2D eigenvalue weighted by molar-refractivity contribution is -0.153. The van der Waals surface area contributed by atoms with Gasteiger partial charge in [-0.2, -0.15) is 13.2 Å². The third-order valence-corrected chi connectivity index (χ3v) is 3.67. The third-order valence-electron chi connectivity index (χ3n) is 3.67. The first kappa shape index (κ1) is 20.5. The highest BCUT2D eigenvalue weighted by Gasteiger charge is 2.29. The SMILES string of the molecule is C=CNCCCCOC(=O)c1c[nH]c2ccc(OCC(F)(F)F)c(OC)c12. The van der Waals surface area contributed by atoms with Crippen molar-refractivity contribution in [3.05, 3.63) is 36.7 Å². The standard InChI is InChI=1S/C18H21F3N2O4/c1-3-22-8-4-5-9-26-17(24)12-10-23-13-6-7-14(16(25-2)15(12)13)27-11-18(19,20)21/h3,6-7,10,22-23H,1,4-5,8-9,11H2,2H3. The van der Waals surface area contributed by atoms with Crippen molar-refractivity contribution in [1.82, 2.24) is 10.3 Å². The highest BCUT2D eigenvalue weighted by atomic mass is 19.4. The number of carbonyl (C=O) groups excluding carboxylic acids is 1. The summed E-state index contributed by atoms with van der Waals surface area (Å²) in [6, 6.07) is 2.87. The molecule has 0 aliphatic carbocycles. The van der Waals surface area contributed by atoms with Gasteiger partial charge < -0.3 is 24.5 Å². The number of carbonyl (C=O) groups is 1. The van der Waals surface area contributed by atoms with Gasteiger partial charge >= 0.3 is 12.1 Å². The van der Waals surface area contributed by atoms with Crippen molar-refractivity contribution in [3.63, 3.8) is 0 Å². The van der Waals surface area contributed by atoms with Gasteiger partial charge in [0.25, 0.3) is 0 Å². The molecule has 0 bridgehead atoms. The predicted molar refractivity (Wildman–Crippen MR) is 94.1 cm³/mol. The molecule has 0 aliphatic rings. The second kappa shape index (κ2) is 9.20. The summed E-state index contributed by atoms with van der Waals surface area (Å²) in [5.41, 5.74) is 0.692. The van der Waals surface area contributed by atoms with Crippen molar-refractivity contribution in [2.75, 3.05) is 26.9 Å². The van der Waals surface area contributed by atoms with Gasteiger partial charge in [0.05, 0.1) is 30.2 Å². The van der Waals surface area contributed by atoms with E-state index < -0.39 is 18.8 Å². The molecule has 1 heterocycles. The minimum absolute atomic E-state index is 0.0418. The molecule has 0 amide bonds. The highest BCUT2D eigenvalue weighted by Crippen LogP contribution is 2.38. The molecule has 0 aliphatic heterocycles. The Bertz CT molecular complexity index is 787. The molecule has 2 N–H and O–H groups in total. The summed E-state index contributed by atoms with van der Waals surface area (Å²) in [5.74, 6) is -0.657. The molecule has 2 aromatic rings. The average molecular weight is 386 g/mol. The number of benzene rings is 1. The molecular weight excluding hydrogens is 365 g/mol. The number of rotatable bonds is 10. The molecule has 0 saturated carbocycles. The molecule has 0 spiro atoms. The maximum Gasteiger partial charge on any atom is 0.422 e. The normalized spacial score (nSPS) is 11.3. The van der Waals surface area contributed by atoms with Crippen LogP contribution >= 0.6 is 0 Å². The Balaban J connectivity index is 2.14. The zero-order chi connectivity index (χ0) is 19.9. The van der Waals surface area contributed by atoms with Crippen LogP contribution in [0.15, 0.2) is 31.1 Å². The first-order valence-electron chi connectivity index (χ1n) is 8.26. The number of fused-ring (bicyclic) bond motifs is 1. The van der Waals surface area contributed by atoms with E-state index in [0.717, 1.165) is 13.0 Å². The van der Waals surface area contributed by atoms with Crippen LogP contribution in [0.5, 0.6) is 11.5 Å². The van der Waals surface area contributed by atoms with Crippen LogP contribution in [0.3, 0.4) is 0 Å². The lowest BCUT2D eigenvalue weighted by Gasteiger charge is -2.14. The van der Waals surface area contributed by atoms with E-state index in [4.69, 9.17) is 14.2 Å². The third kappa shape index (κ3) is 5.57. The fourth-order valence-corrected chi connectivity index (χ4v) is 2.48. The lowest BCUT2D eigenvalue weighted by Crippen LogP contribution is -2.19. The molecule has 0 saturated heterocycles. The number of halogens is 3. The fourth-order valence-electron chi connectivity index (χ4n) is 2.48. The summed E-state index contributed by atoms with van der Waals surface area (Å²) in [5, 5.41) is 3.26. The lowest BCUT2D eigenvalue weighted by atomic mass is 10.1. The first-order chi connectivity index (χ1) is 12.9. The molecule has 0 radical (unpaired) electrons. The van der Waals surface area contributed by atoms with Crippen molar-refractivity contribution in [2.45, 2.75) is 19.0 Å². The molecule has 0 atom stereocenters. The van der Waals surface area contributed by atoms with E-state index in [1.807, 2.05) is 0 Å². The van der Waals surface area contributed by atoms with Crippen LogP contribution in [-0.4, -0.2) is 44.0 Å². The van der Waals surface area contributed by atoms with Crippen LogP contribution in [0.4, 0.5) is 13.2 Å². The Morgan fingerprint density at radius 1 is 1.33 bits per heavy atom. The molecule has 6 nitrogen and oxygen atoms in total. The quantitative estimate of drug-likeness (QED) is 0.480. The van der Waals surface area contributed by atoms with Gasteiger partial charge in [-0.05, 0) is 31.2 Å². The second-order valence-electron chi connectivity index (χ2n) is 5.63. The monoisotopic (exact) mass is 386 g/mol. The van der Waals surface area contributed by atoms with E-state index in [0.29, 0.717) is 17.3 Å². The van der Waals surface area contributed by atoms with Gasteiger partial charge in [0.2, 0.25) is 0 Å². The van der Waals surface area contributed by atoms with Crippen molar-refractivity contribution in [3.8, 4) is 11.5 Å². The minimum Gasteiger partial charge on any atom is -0.492 e. The summed E-state index contributed by atoms with van der Waals surface area (Å²) in [6.45, 7) is 3.02. The number of H-pyrrole nitrogens is 1. The zero-order valence-electron chi connectivity index (χ0n) is 14.8. The Hall–Kier alpha value is -2.84. The van der Waals surface area contributed by atoms with Crippen molar-refractivity contribution < 1.29 is 32.2 Å². The maximum atomic E-state index is 12.4. The van der Waals surface area contributed by atoms with Gasteiger partial charge in [-0.15, -0.1) is 0 Å². The van der Waals surface area contributed by atoms with Gasteiger partial charge in [-0.25, -0.2) is 4.79 Å². The van der Waals surface area contributed by atoms with Gasteiger partial charge in [-0.3, -0.25) is 0 Å². The van der Waals surface area contributed by atoms with Crippen LogP contribution in [0.1, 0.15) is 23.2 Å². The minimum atomic E-state index is -4.49. The fraction of sp³-hybridized carbons (Fsp3) is 0.389. The van der Waals surface area contributed by atoms with E-state index in [-0.39, 0.29) is 23.7 Å². The maximum absolute atomic E-state index is 12.4. The molecular formula is C18H21F3N2O4. The summed E-state index contributed by atoms with van der Waals surface area (Å²) >= 11 is 0. The van der Waals surface area contributed by atoms with E-state index in [1.54, 1.807) is 6.20 Å². The topological polar surface area (TPSA) is 72.6 Å². The second-order valence-corrected chi connectivity index (χ2v) is 5.63.